The molecule has 0 radical (unpaired) electrons. The van der Waals surface area contributed by atoms with Crippen molar-refractivity contribution in [2.75, 3.05) is 38.3 Å². The van der Waals surface area contributed by atoms with Crippen LogP contribution in [0.3, 0.4) is 0 Å². The first kappa shape index (κ1) is 31.5. The maximum atomic E-state index is 14.1. The molecule has 2 aliphatic rings. The fraction of sp³-hybridized carbons (Fsp3) is 0.444. The van der Waals surface area contributed by atoms with Crippen LogP contribution in [0.1, 0.15) is 60.8 Å². The molecule has 0 aromatic heterocycles. The topological polar surface area (TPSA) is 105 Å². The normalized spacial score (nSPS) is 19.4. The first-order valence-electron chi connectivity index (χ1n) is 15.9. The molecular formula is C36H45N3O5. The molecule has 1 fully saturated rings. The summed E-state index contributed by atoms with van der Waals surface area (Å²) >= 11 is 0. The van der Waals surface area contributed by atoms with Crippen LogP contribution in [0.25, 0.3) is 0 Å². The number of rotatable bonds is 14. The summed E-state index contributed by atoms with van der Waals surface area (Å²) in [7, 11) is 1.67. The molecule has 1 saturated heterocycles. The summed E-state index contributed by atoms with van der Waals surface area (Å²) < 4.78 is 11.3. The quantitative estimate of drug-likeness (QED) is 0.255. The van der Waals surface area contributed by atoms with Crippen molar-refractivity contribution in [3.8, 4) is 11.5 Å². The summed E-state index contributed by atoms with van der Waals surface area (Å²) in [6.07, 6.45) is 4.86. The van der Waals surface area contributed by atoms with E-state index >= 15 is 0 Å². The molecule has 8 heteroatoms. The number of carboxylic acid groups (broad SMARTS) is 1. The van der Waals surface area contributed by atoms with Crippen LogP contribution in [0.4, 0.5) is 5.69 Å². The standard InChI is InChI=1S/C36H45N3O5/c1-3-4-18-39(29-12-7-9-25(20-29)22-37)34(40)24-38-23-30(27-15-16-33-28(21-27)17-19-44-33)35(36(41)42)31(38)13-8-11-26-10-5-6-14-32(26)43-2/h5-7,9-10,12,14-16,20-21,30-31,35H,3-4,8,11,13,17-19,22-24,37H2,1-2H3,(H,41,42)/t30-,31+,35-/m1/s1. The Hall–Kier alpha value is -3.88. The van der Waals surface area contributed by atoms with Crippen molar-refractivity contribution >= 4 is 17.6 Å². The molecule has 3 aromatic rings. The third kappa shape index (κ3) is 7.08. The first-order chi connectivity index (χ1) is 21.4. The number of para-hydroxylation sites is 1. The number of unbranched alkanes of at least 4 members (excludes halogenated alkanes) is 1. The van der Waals surface area contributed by atoms with Crippen molar-refractivity contribution < 1.29 is 24.2 Å². The van der Waals surface area contributed by atoms with Gasteiger partial charge in [-0.25, -0.2) is 0 Å². The minimum atomic E-state index is -0.817. The summed E-state index contributed by atoms with van der Waals surface area (Å²) in [6.45, 7) is 4.43. The number of likely N-dealkylation sites (tertiary alicyclic amines) is 1. The van der Waals surface area contributed by atoms with E-state index in [4.69, 9.17) is 15.2 Å². The van der Waals surface area contributed by atoms with Gasteiger partial charge in [0, 0.05) is 43.7 Å². The van der Waals surface area contributed by atoms with Crippen LogP contribution in [0.15, 0.2) is 66.7 Å². The predicted octanol–water partition coefficient (Wildman–Crippen LogP) is 5.41. The Bertz CT molecular complexity index is 1440. The molecular weight excluding hydrogens is 554 g/mol. The SMILES string of the molecule is CCCCN(C(=O)CN1C[C@H](c2ccc3c(c2)CCO3)[C@@H](C(=O)O)[C@@H]1CCCc1ccccc1OC)c1cccc(CN)c1. The predicted molar refractivity (Wildman–Crippen MR) is 172 cm³/mol. The van der Waals surface area contributed by atoms with Gasteiger partial charge in [0.2, 0.25) is 5.91 Å². The number of amides is 1. The third-order valence-electron chi connectivity index (χ3n) is 9.15. The van der Waals surface area contributed by atoms with Crippen LogP contribution in [0, 0.1) is 5.92 Å². The average molecular weight is 600 g/mol. The first-order valence-corrected chi connectivity index (χ1v) is 15.9. The molecule has 0 bridgehead atoms. The van der Waals surface area contributed by atoms with Gasteiger partial charge in [-0.3, -0.25) is 14.5 Å². The molecule has 3 aromatic carbocycles. The second kappa shape index (κ2) is 14.7. The Morgan fingerprint density at radius 3 is 2.70 bits per heavy atom. The zero-order valence-corrected chi connectivity index (χ0v) is 25.9. The van der Waals surface area contributed by atoms with E-state index in [0.29, 0.717) is 32.7 Å². The van der Waals surface area contributed by atoms with Gasteiger partial charge in [0.05, 0.1) is 26.2 Å². The molecule has 3 atom stereocenters. The molecule has 0 saturated carbocycles. The van der Waals surface area contributed by atoms with Crippen molar-refractivity contribution in [3.05, 3.63) is 89.0 Å². The summed E-state index contributed by atoms with van der Waals surface area (Å²) in [5.41, 5.74) is 11.0. The number of methoxy groups -OCH3 is 1. The average Bonchev–Trinajstić information content (AvgIpc) is 3.66. The van der Waals surface area contributed by atoms with Crippen LogP contribution in [-0.2, 0) is 29.0 Å². The Morgan fingerprint density at radius 1 is 1.09 bits per heavy atom. The molecule has 0 aliphatic carbocycles. The number of fused-ring (bicyclic) bond motifs is 1. The maximum absolute atomic E-state index is 14.1. The molecule has 8 nitrogen and oxygen atoms in total. The fourth-order valence-corrected chi connectivity index (χ4v) is 6.86. The van der Waals surface area contributed by atoms with E-state index in [1.54, 1.807) is 7.11 Å². The number of hydrogen-bond donors (Lipinski definition) is 2. The Kier molecular flexibility index (Phi) is 10.6. The highest BCUT2D eigenvalue weighted by Crippen LogP contribution is 2.41. The van der Waals surface area contributed by atoms with Crippen molar-refractivity contribution in [2.45, 2.75) is 64.0 Å². The van der Waals surface area contributed by atoms with E-state index in [9.17, 15) is 14.7 Å². The van der Waals surface area contributed by atoms with E-state index in [1.807, 2.05) is 59.5 Å². The highest BCUT2D eigenvalue weighted by Gasteiger charge is 2.47. The molecule has 234 valence electrons. The van der Waals surface area contributed by atoms with E-state index < -0.39 is 11.9 Å². The number of nitrogens with two attached hydrogens (primary N) is 1. The summed E-state index contributed by atoms with van der Waals surface area (Å²) in [5.74, 6) is 0.0186. The van der Waals surface area contributed by atoms with Crippen LogP contribution in [-0.4, -0.2) is 61.3 Å². The van der Waals surface area contributed by atoms with Crippen molar-refractivity contribution in [3.63, 3.8) is 0 Å². The van der Waals surface area contributed by atoms with Gasteiger partial charge in [0.1, 0.15) is 11.5 Å². The van der Waals surface area contributed by atoms with Crippen LogP contribution >= 0.6 is 0 Å². The third-order valence-corrected chi connectivity index (χ3v) is 9.15. The van der Waals surface area contributed by atoms with Crippen molar-refractivity contribution in [2.24, 2.45) is 11.7 Å². The highest BCUT2D eigenvalue weighted by molar-refractivity contribution is 5.95. The number of carbonyl (C=O) groups excluding carboxylic acids is 1. The molecule has 44 heavy (non-hydrogen) atoms. The second-order valence-corrected chi connectivity index (χ2v) is 11.9. The number of benzene rings is 3. The number of aliphatic carboxylic acids is 1. The fourth-order valence-electron chi connectivity index (χ4n) is 6.86. The number of nitrogens with zero attached hydrogens (tertiary/aromatic N) is 2. The van der Waals surface area contributed by atoms with Crippen LogP contribution in [0.5, 0.6) is 11.5 Å². The monoisotopic (exact) mass is 599 g/mol. The van der Waals surface area contributed by atoms with Crippen LogP contribution < -0.4 is 20.1 Å². The number of carboxylic acids is 1. The molecule has 1 amide bonds. The maximum Gasteiger partial charge on any atom is 0.308 e. The number of anilines is 1. The van der Waals surface area contributed by atoms with E-state index in [2.05, 4.69) is 24.0 Å². The van der Waals surface area contributed by atoms with E-state index in [-0.39, 0.29) is 24.4 Å². The van der Waals surface area contributed by atoms with Gasteiger partial charge in [0.15, 0.2) is 0 Å². The summed E-state index contributed by atoms with van der Waals surface area (Å²) in [6, 6.07) is 21.6. The number of carbonyl (C=O) groups is 2. The van der Waals surface area contributed by atoms with Gasteiger partial charge in [-0.05, 0) is 72.2 Å². The Labute approximate surface area is 260 Å². The Morgan fingerprint density at radius 2 is 1.93 bits per heavy atom. The molecule has 3 N–H and O–H groups in total. The smallest absolute Gasteiger partial charge is 0.308 e. The highest BCUT2D eigenvalue weighted by atomic mass is 16.5. The van der Waals surface area contributed by atoms with Crippen molar-refractivity contribution in [1.29, 1.82) is 0 Å². The second-order valence-electron chi connectivity index (χ2n) is 11.9. The molecule has 2 heterocycles. The summed E-state index contributed by atoms with van der Waals surface area (Å²) in [5, 5.41) is 10.6. The van der Waals surface area contributed by atoms with Gasteiger partial charge >= 0.3 is 5.97 Å². The van der Waals surface area contributed by atoms with Gasteiger partial charge in [-0.2, -0.15) is 0 Å². The Balaban J connectivity index is 1.42. The lowest BCUT2D eigenvalue weighted by Crippen LogP contribution is -2.44. The van der Waals surface area contributed by atoms with E-state index in [0.717, 1.165) is 71.5 Å². The zero-order chi connectivity index (χ0) is 31.1. The lowest BCUT2D eigenvalue weighted by atomic mass is 9.83. The molecule has 0 spiro atoms. The minimum absolute atomic E-state index is 0.0190. The lowest BCUT2D eigenvalue weighted by molar-refractivity contribution is -0.143. The van der Waals surface area contributed by atoms with Gasteiger partial charge < -0.3 is 25.2 Å². The van der Waals surface area contributed by atoms with E-state index in [1.165, 1.54) is 0 Å². The number of aryl methyl sites for hydroxylation is 1. The van der Waals surface area contributed by atoms with Gasteiger partial charge in [-0.1, -0.05) is 55.8 Å². The van der Waals surface area contributed by atoms with Gasteiger partial charge in [0.25, 0.3) is 0 Å². The summed E-state index contributed by atoms with van der Waals surface area (Å²) in [4.78, 5) is 31.0. The van der Waals surface area contributed by atoms with Crippen LogP contribution in [0.2, 0.25) is 0 Å². The largest absolute Gasteiger partial charge is 0.496 e. The molecule has 0 unspecified atom stereocenters. The zero-order valence-electron chi connectivity index (χ0n) is 25.9. The van der Waals surface area contributed by atoms with Gasteiger partial charge in [-0.15, -0.1) is 0 Å². The minimum Gasteiger partial charge on any atom is -0.496 e. The molecule has 2 aliphatic heterocycles. The number of ether oxygens (including phenoxy) is 2. The lowest BCUT2D eigenvalue weighted by Gasteiger charge is -2.30. The molecule has 5 rings (SSSR count). The number of hydrogen-bond acceptors (Lipinski definition) is 6. The van der Waals surface area contributed by atoms with Crippen molar-refractivity contribution in [1.82, 2.24) is 4.90 Å².